The van der Waals surface area contributed by atoms with Crippen molar-refractivity contribution in [3.63, 3.8) is 0 Å². The summed E-state index contributed by atoms with van der Waals surface area (Å²) >= 11 is 0. The lowest BCUT2D eigenvalue weighted by molar-refractivity contribution is 0.102. The van der Waals surface area contributed by atoms with Crippen molar-refractivity contribution in [1.29, 1.82) is 0 Å². The average molecular weight is 281 g/mol. The van der Waals surface area contributed by atoms with E-state index in [2.05, 4.69) is 35.8 Å². The van der Waals surface area contributed by atoms with Gasteiger partial charge in [0.05, 0.1) is 0 Å². The number of carbonyl (C=O) groups is 1. The predicted molar refractivity (Wildman–Crippen MR) is 76.1 cm³/mol. The van der Waals surface area contributed by atoms with Gasteiger partial charge in [0.2, 0.25) is 11.9 Å². The number of benzene rings is 1. The number of nitrogens with one attached hydrogen (secondary N) is 3. The molecule has 0 saturated carbocycles. The Hall–Kier alpha value is -3.29. The Morgan fingerprint density at radius 3 is 2.71 bits per heavy atom. The molecule has 3 rings (SSSR count). The fourth-order valence-electron chi connectivity index (χ4n) is 1.68. The normalized spacial score (nSPS) is 10.1. The Balaban J connectivity index is 1.75. The van der Waals surface area contributed by atoms with Crippen molar-refractivity contribution < 1.29 is 4.79 Å². The van der Waals surface area contributed by atoms with E-state index in [1.165, 1.54) is 6.33 Å². The molecule has 0 aliphatic carbocycles. The molecule has 1 amide bonds. The molecule has 0 unspecified atom stereocenters. The summed E-state index contributed by atoms with van der Waals surface area (Å²) < 4.78 is 0. The van der Waals surface area contributed by atoms with Crippen LogP contribution in [0.1, 0.15) is 10.4 Å². The van der Waals surface area contributed by atoms with E-state index in [0.29, 0.717) is 23.1 Å². The molecule has 21 heavy (non-hydrogen) atoms. The summed E-state index contributed by atoms with van der Waals surface area (Å²) in [6.07, 6.45) is 4.59. The number of aromatic amines is 1. The topological polar surface area (TPSA) is 108 Å². The molecule has 0 radical (unpaired) electrons. The highest BCUT2D eigenvalue weighted by atomic mass is 16.1. The van der Waals surface area contributed by atoms with E-state index in [1.807, 2.05) is 6.07 Å². The van der Waals surface area contributed by atoms with Gasteiger partial charge in [0.15, 0.2) is 0 Å². The Kier molecular flexibility index (Phi) is 3.50. The summed E-state index contributed by atoms with van der Waals surface area (Å²) in [5.41, 5.74) is 1.19. The number of carbonyl (C=O) groups excluding carboxylic acids is 1. The number of nitrogens with zero attached hydrogens (tertiary/aromatic N) is 4. The van der Waals surface area contributed by atoms with Crippen molar-refractivity contribution in [2.45, 2.75) is 0 Å². The average Bonchev–Trinajstić information content (AvgIpc) is 3.01. The summed E-state index contributed by atoms with van der Waals surface area (Å²) in [4.78, 5) is 24.0. The lowest BCUT2D eigenvalue weighted by atomic mass is 10.2. The Morgan fingerprint density at radius 1 is 1.10 bits per heavy atom. The highest BCUT2D eigenvalue weighted by molar-refractivity contribution is 6.03. The quantitative estimate of drug-likeness (QED) is 0.670. The van der Waals surface area contributed by atoms with Crippen LogP contribution in [0.3, 0.4) is 0 Å². The van der Waals surface area contributed by atoms with Crippen molar-refractivity contribution in [2.24, 2.45) is 0 Å². The maximum Gasteiger partial charge on any atom is 0.258 e. The second kappa shape index (κ2) is 5.78. The molecule has 1 aromatic carbocycles. The third-order valence-corrected chi connectivity index (χ3v) is 2.59. The van der Waals surface area contributed by atoms with Crippen molar-refractivity contribution in [2.75, 3.05) is 10.6 Å². The molecule has 0 atom stereocenters. The van der Waals surface area contributed by atoms with E-state index in [1.54, 1.807) is 36.7 Å². The van der Waals surface area contributed by atoms with Crippen LogP contribution in [-0.4, -0.2) is 31.1 Å². The molecule has 0 fully saturated rings. The fraction of sp³-hybridized carbons (Fsp3) is 0. The molecule has 8 nitrogen and oxygen atoms in total. The van der Waals surface area contributed by atoms with E-state index in [-0.39, 0.29) is 5.91 Å². The zero-order valence-corrected chi connectivity index (χ0v) is 10.8. The maximum atomic E-state index is 12.1. The summed E-state index contributed by atoms with van der Waals surface area (Å²) in [6.45, 7) is 0. The van der Waals surface area contributed by atoms with Gasteiger partial charge >= 0.3 is 0 Å². The number of amides is 1. The molecule has 0 spiro atoms. The van der Waals surface area contributed by atoms with Crippen LogP contribution in [0.25, 0.3) is 0 Å². The SMILES string of the molecule is O=C(Nc1ncn[nH]1)c1cccc(Nc2ncccn2)c1. The van der Waals surface area contributed by atoms with Gasteiger partial charge in [-0.3, -0.25) is 10.1 Å². The molecule has 3 aromatic rings. The molecule has 0 aliphatic rings. The van der Waals surface area contributed by atoms with Crippen LogP contribution >= 0.6 is 0 Å². The first kappa shape index (κ1) is 12.7. The molecule has 3 N–H and O–H groups in total. The molecule has 8 heteroatoms. The summed E-state index contributed by atoms with van der Waals surface area (Å²) in [5.74, 6) is 0.472. The number of rotatable bonds is 4. The maximum absolute atomic E-state index is 12.1. The van der Waals surface area contributed by atoms with Gasteiger partial charge in [0, 0.05) is 23.6 Å². The molecular formula is C13H11N7O. The van der Waals surface area contributed by atoms with Crippen LogP contribution in [0.4, 0.5) is 17.6 Å². The van der Waals surface area contributed by atoms with Gasteiger partial charge in [-0.1, -0.05) is 6.07 Å². The zero-order chi connectivity index (χ0) is 14.5. The number of aromatic nitrogens is 5. The van der Waals surface area contributed by atoms with Crippen molar-refractivity contribution in [3.8, 4) is 0 Å². The third kappa shape index (κ3) is 3.18. The molecule has 2 heterocycles. The first-order chi connectivity index (χ1) is 10.3. The van der Waals surface area contributed by atoms with Gasteiger partial charge in [-0.15, -0.1) is 0 Å². The summed E-state index contributed by atoms with van der Waals surface area (Å²) in [6, 6.07) is 8.71. The standard InChI is InChI=1S/C13H11N7O/c21-11(19-13-16-8-17-20-13)9-3-1-4-10(7-9)18-12-14-5-2-6-15-12/h1-8H,(H,14,15,18)(H2,16,17,19,20,21). The largest absolute Gasteiger partial charge is 0.324 e. The number of hydrogen-bond acceptors (Lipinski definition) is 6. The van der Waals surface area contributed by atoms with E-state index in [4.69, 9.17) is 0 Å². The minimum atomic E-state index is -0.288. The number of anilines is 3. The zero-order valence-electron chi connectivity index (χ0n) is 10.8. The van der Waals surface area contributed by atoms with Gasteiger partial charge < -0.3 is 5.32 Å². The van der Waals surface area contributed by atoms with E-state index in [0.717, 1.165) is 0 Å². The summed E-state index contributed by atoms with van der Waals surface area (Å²) in [5, 5.41) is 11.8. The van der Waals surface area contributed by atoms with E-state index < -0.39 is 0 Å². The summed E-state index contributed by atoms with van der Waals surface area (Å²) in [7, 11) is 0. The van der Waals surface area contributed by atoms with E-state index in [9.17, 15) is 4.79 Å². The number of H-pyrrole nitrogens is 1. The predicted octanol–water partition coefficient (Wildman–Crippen LogP) is 1.59. The van der Waals surface area contributed by atoms with Crippen LogP contribution in [0.5, 0.6) is 0 Å². The third-order valence-electron chi connectivity index (χ3n) is 2.59. The van der Waals surface area contributed by atoms with Crippen LogP contribution in [-0.2, 0) is 0 Å². The Morgan fingerprint density at radius 2 is 1.95 bits per heavy atom. The fourth-order valence-corrected chi connectivity index (χ4v) is 1.68. The molecule has 104 valence electrons. The molecule has 2 aromatic heterocycles. The number of hydrogen-bond donors (Lipinski definition) is 3. The Bertz CT molecular complexity index is 727. The van der Waals surface area contributed by atoms with Crippen molar-refractivity contribution >= 4 is 23.5 Å². The van der Waals surface area contributed by atoms with Crippen LogP contribution in [0.15, 0.2) is 49.1 Å². The van der Waals surface area contributed by atoms with Crippen molar-refractivity contribution in [3.05, 3.63) is 54.6 Å². The lowest BCUT2D eigenvalue weighted by Crippen LogP contribution is -2.13. The van der Waals surface area contributed by atoms with Gasteiger partial charge in [-0.25, -0.2) is 15.1 Å². The first-order valence-electron chi connectivity index (χ1n) is 6.12. The molecular weight excluding hydrogens is 270 g/mol. The van der Waals surface area contributed by atoms with Crippen LogP contribution in [0.2, 0.25) is 0 Å². The monoisotopic (exact) mass is 281 g/mol. The minimum Gasteiger partial charge on any atom is -0.324 e. The highest BCUT2D eigenvalue weighted by Gasteiger charge is 2.08. The van der Waals surface area contributed by atoms with Crippen LogP contribution < -0.4 is 10.6 Å². The van der Waals surface area contributed by atoms with Crippen molar-refractivity contribution in [1.82, 2.24) is 25.1 Å². The van der Waals surface area contributed by atoms with Gasteiger partial charge in [0.1, 0.15) is 6.33 Å². The highest BCUT2D eigenvalue weighted by Crippen LogP contribution is 2.15. The smallest absolute Gasteiger partial charge is 0.258 e. The minimum absolute atomic E-state index is 0.288. The second-order valence-electron chi connectivity index (χ2n) is 4.07. The van der Waals surface area contributed by atoms with Gasteiger partial charge in [0.25, 0.3) is 5.91 Å². The Labute approximate surface area is 119 Å². The van der Waals surface area contributed by atoms with Crippen LogP contribution in [0, 0.1) is 0 Å². The first-order valence-corrected chi connectivity index (χ1v) is 6.12. The molecule has 0 saturated heterocycles. The van der Waals surface area contributed by atoms with Gasteiger partial charge in [-0.05, 0) is 24.3 Å². The lowest BCUT2D eigenvalue weighted by Gasteiger charge is -2.06. The van der Waals surface area contributed by atoms with E-state index >= 15 is 0 Å². The second-order valence-corrected chi connectivity index (χ2v) is 4.07. The molecule has 0 bridgehead atoms. The molecule has 0 aliphatic heterocycles. The van der Waals surface area contributed by atoms with Gasteiger partial charge in [-0.2, -0.15) is 10.1 Å².